The molecule has 0 aliphatic rings. The van der Waals surface area contributed by atoms with Crippen LogP contribution in [0.3, 0.4) is 0 Å². The van der Waals surface area contributed by atoms with Crippen LogP contribution in [0.1, 0.15) is 51.3 Å². The van der Waals surface area contributed by atoms with Crippen molar-refractivity contribution in [2.45, 2.75) is 51.8 Å². The van der Waals surface area contributed by atoms with Crippen LogP contribution in [-0.4, -0.2) is 59.8 Å². The fourth-order valence-electron chi connectivity index (χ4n) is 3.56. The average Bonchev–Trinajstić information content (AvgIpc) is 2.86. The van der Waals surface area contributed by atoms with E-state index in [0.29, 0.717) is 29.0 Å². The molecule has 0 aromatic heterocycles. The number of hydrogen-bond donors (Lipinski definition) is 3. The number of alkyl carbamates (subject to hydrolysis) is 1. The molecule has 3 amide bonds. The molecule has 0 radical (unpaired) electrons. The topological polar surface area (TPSA) is 117 Å². The van der Waals surface area contributed by atoms with Crippen molar-refractivity contribution in [3.63, 3.8) is 0 Å². The summed E-state index contributed by atoms with van der Waals surface area (Å²) >= 11 is 0. The summed E-state index contributed by atoms with van der Waals surface area (Å²) in [5.41, 5.74) is 0.841. The van der Waals surface area contributed by atoms with Crippen molar-refractivity contribution in [2.24, 2.45) is 0 Å². The fourth-order valence-corrected chi connectivity index (χ4v) is 3.56. The summed E-state index contributed by atoms with van der Waals surface area (Å²) in [4.78, 5) is 40.9. The molecule has 0 aliphatic carbocycles. The van der Waals surface area contributed by atoms with Gasteiger partial charge in [0.25, 0.3) is 5.91 Å². The van der Waals surface area contributed by atoms with Gasteiger partial charge in [0.15, 0.2) is 0 Å². The third-order valence-electron chi connectivity index (χ3n) is 5.23. The number of carbonyl (C=O) groups is 3. The Bertz CT molecular complexity index is 1100. The number of amides is 3. The van der Waals surface area contributed by atoms with Crippen molar-refractivity contribution in [1.29, 1.82) is 0 Å². The number of anilines is 1. The van der Waals surface area contributed by atoms with Crippen molar-refractivity contribution in [1.82, 2.24) is 10.2 Å². The van der Waals surface area contributed by atoms with Crippen molar-refractivity contribution in [3.05, 3.63) is 59.7 Å². The Balaban J connectivity index is 2.43. The highest BCUT2D eigenvalue weighted by molar-refractivity contribution is 5.99. The number of nitrogens with one attached hydrogen (secondary N) is 2. The predicted octanol–water partition coefficient (Wildman–Crippen LogP) is 3.48. The van der Waals surface area contributed by atoms with Gasteiger partial charge >= 0.3 is 6.09 Å². The van der Waals surface area contributed by atoms with E-state index in [9.17, 15) is 19.5 Å². The number of aliphatic hydroxyl groups is 1. The van der Waals surface area contributed by atoms with E-state index in [-0.39, 0.29) is 6.54 Å². The quantitative estimate of drug-likeness (QED) is 0.422. The molecule has 0 fully saturated rings. The van der Waals surface area contributed by atoms with Gasteiger partial charge in [-0.15, -0.1) is 6.42 Å². The minimum Gasteiger partial charge on any atom is -0.497 e. The zero-order valence-electron chi connectivity index (χ0n) is 21.9. The molecule has 9 heteroatoms. The lowest BCUT2D eigenvalue weighted by molar-refractivity contribution is -0.141. The number of nitrogens with zero attached hydrogens (tertiary/aromatic N) is 1. The summed E-state index contributed by atoms with van der Waals surface area (Å²) < 4.78 is 10.4. The van der Waals surface area contributed by atoms with E-state index in [1.165, 1.54) is 4.90 Å². The Morgan fingerprint density at radius 1 is 1.08 bits per heavy atom. The number of ether oxygens (including phenoxy) is 2. The molecule has 0 heterocycles. The Hall–Kier alpha value is -4.03. The molecular weight excluding hydrogens is 474 g/mol. The number of rotatable bonds is 10. The molecule has 2 aromatic rings. The van der Waals surface area contributed by atoms with Crippen molar-refractivity contribution in [2.75, 3.05) is 25.6 Å². The first-order valence-electron chi connectivity index (χ1n) is 11.9. The van der Waals surface area contributed by atoms with Crippen molar-refractivity contribution in [3.8, 4) is 18.1 Å². The molecular formula is C28H35N3O6. The monoisotopic (exact) mass is 509 g/mol. The second-order valence-corrected chi connectivity index (χ2v) is 9.30. The summed E-state index contributed by atoms with van der Waals surface area (Å²) in [6, 6.07) is 11.1. The van der Waals surface area contributed by atoms with Gasteiger partial charge in [-0.1, -0.05) is 25.0 Å². The molecule has 2 aromatic carbocycles. The number of terminal acetylenes is 1. The number of methoxy groups -OCH3 is 1. The first kappa shape index (κ1) is 29.2. The molecule has 2 rings (SSSR count). The van der Waals surface area contributed by atoms with Gasteiger partial charge in [0.2, 0.25) is 5.91 Å². The second kappa shape index (κ2) is 13.3. The first-order chi connectivity index (χ1) is 17.5. The lowest BCUT2D eigenvalue weighted by Crippen LogP contribution is -2.54. The molecule has 198 valence electrons. The van der Waals surface area contributed by atoms with E-state index in [1.807, 2.05) is 6.92 Å². The van der Waals surface area contributed by atoms with Crippen LogP contribution in [0.2, 0.25) is 0 Å². The zero-order valence-corrected chi connectivity index (χ0v) is 21.9. The molecule has 9 nitrogen and oxygen atoms in total. The summed E-state index contributed by atoms with van der Waals surface area (Å²) in [6.45, 7) is 6.42. The van der Waals surface area contributed by atoms with Crippen molar-refractivity contribution >= 4 is 23.6 Å². The predicted molar refractivity (Wildman–Crippen MR) is 141 cm³/mol. The van der Waals surface area contributed by atoms with Crippen LogP contribution in [0, 0.1) is 12.3 Å². The number of carbonyl (C=O) groups excluding carboxylic acids is 3. The smallest absolute Gasteiger partial charge is 0.408 e. The summed E-state index contributed by atoms with van der Waals surface area (Å²) in [5.74, 6) is 2.05. The third-order valence-corrected chi connectivity index (χ3v) is 5.23. The second-order valence-electron chi connectivity index (χ2n) is 9.30. The summed E-state index contributed by atoms with van der Waals surface area (Å²) in [5, 5.41) is 15.2. The molecule has 0 saturated heterocycles. The SMILES string of the molecule is C#Cc1ccc(C(C(=O)Nc2ccc(OC)cc2)N(CCC)C(=O)C(CO)NC(=O)OC(C)(C)C)cc1. The highest BCUT2D eigenvalue weighted by Crippen LogP contribution is 2.26. The zero-order chi connectivity index (χ0) is 27.6. The third kappa shape index (κ3) is 8.54. The average molecular weight is 510 g/mol. The molecule has 2 unspecified atom stereocenters. The Morgan fingerprint density at radius 2 is 1.70 bits per heavy atom. The van der Waals surface area contributed by atoms with Crippen LogP contribution < -0.4 is 15.4 Å². The highest BCUT2D eigenvalue weighted by atomic mass is 16.6. The number of hydrogen-bond acceptors (Lipinski definition) is 6. The molecule has 2 atom stereocenters. The van der Waals surface area contributed by atoms with Gasteiger partial charge in [-0.2, -0.15) is 0 Å². The normalized spacial score (nSPS) is 12.5. The van der Waals surface area contributed by atoms with Gasteiger partial charge in [0, 0.05) is 17.8 Å². The maximum atomic E-state index is 13.6. The molecule has 3 N–H and O–H groups in total. The standard InChI is InChI=1S/C28H35N3O6/c1-7-17-31(26(34)23(18-32)30-27(35)37-28(3,4)5)24(20-11-9-19(8-2)10-12-20)25(33)29-21-13-15-22(36-6)16-14-21/h2,9-16,23-24,32H,7,17-18H2,1,3-6H3,(H,29,33)(H,30,35). The van der Waals surface area contributed by atoms with Crippen LogP contribution in [-0.2, 0) is 14.3 Å². The summed E-state index contributed by atoms with van der Waals surface area (Å²) in [7, 11) is 1.54. The van der Waals surface area contributed by atoms with E-state index in [2.05, 4.69) is 16.6 Å². The maximum absolute atomic E-state index is 13.6. The van der Waals surface area contributed by atoms with E-state index in [1.54, 1.807) is 76.4 Å². The van der Waals surface area contributed by atoms with E-state index in [4.69, 9.17) is 15.9 Å². The van der Waals surface area contributed by atoms with Gasteiger partial charge in [-0.05, 0) is 69.2 Å². The van der Waals surface area contributed by atoms with Crippen LogP contribution in [0.4, 0.5) is 10.5 Å². The summed E-state index contributed by atoms with van der Waals surface area (Å²) in [6.07, 6.45) is 5.15. The molecule has 0 saturated carbocycles. The van der Waals surface area contributed by atoms with Gasteiger partial charge in [0.05, 0.1) is 13.7 Å². The lowest BCUT2D eigenvalue weighted by Gasteiger charge is -2.34. The van der Waals surface area contributed by atoms with Crippen LogP contribution in [0.15, 0.2) is 48.5 Å². The van der Waals surface area contributed by atoms with Gasteiger partial charge in [0.1, 0.15) is 23.4 Å². The van der Waals surface area contributed by atoms with Crippen LogP contribution in [0.5, 0.6) is 5.75 Å². The largest absolute Gasteiger partial charge is 0.497 e. The Morgan fingerprint density at radius 3 is 2.19 bits per heavy atom. The van der Waals surface area contributed by atoms with Gasteiger partial charge in [-0.25, -0.2) is 4.79 Å². The van der Waals surface area contributed by atoms with Crippen molar-refractivity contribution < 1.29 is 29.0 Å². The molecule has 0 bridgehead atoms. The number of benzene rings is 2. The maximum Gasteiger partial charge on any atom is 0.408 e. The van der Waals surface area contributed by atoms with Gasteiger partial charge < -0.3 is 30.1 Å². The van der Waals surface area contributed by atoms with Crippen LogP contribution in [0.25, 0.3) is 0 Å². The molecule has 0 aliphatic heterocycles. The highest BCUT2D eigenvalue weighted by Gasteiger charge is 2.35. The molecule has 0 spiro atoms. The fraction of sp³-hybridized carbons (Fsp3) is 0.393. The minimum absolute atomic E-state index is 0.183. The molecule has 37 heavy (non-hydrogen) atoms. The van der Waals surface area contributed by atoms with E-state index in [0.717, 1.165) is 0 Å². The number of aliphatic hydroxyl groups excluding tert-OH is 1. The van der Waals surface area contributed by atoms with E-state index < -0.39 is 42.2 Å². The lowest BCUT2D eigenvalue weighted by atomic mass is 10.0. The van der Waals surface area contributed by atoms with Crippen LogP contribution >= 0.6 is 0 Å². The Kier molecular flexibility index (Phi) is 10.5. The minimum atomic E-state index is -1.32. The van der Waals surface area contributed by atoms with Gasteiger partial charge in [-0.3, -0.25) is 9.59 Å². The van der Waals surface area contributed by atoms with E-state index >= 15 is 0 Å². The Labute approximate surface area is 218 Å². The first-order valence-corrected chi connectivity index (χ1v) is 11.9.